The number of rotatable bonds is 3. The summed E-state index contributed by atoms with van der Waals surface area (Å²) in [5, 5.41) is 2.05. The van der Waals surface area contributed by atoms with Crippen molar-refractivity contribution in [1.82, 2.24) is 10.4 Å². The highest BCUT2D eigenvalue weighted by molar-refractivity contribution is 5.92. The molecule has 1 aliphatic rings. The number of ether oxygens (including phenoxy) is 1. The first-order chi connectivity index (χ1) is 11.6. The molecule has 1 amide bonds. The van der Waals surface area contributed by atoms with Crippen molar-refractivity contribution in [3.05, 3.63) is 42.0 Å². The van der Waals surface area contributed by atoms with Crippen molar-refractivity contribution in [3.63, 3.8) is 0 Å². The van der Waals surface area contributed by atoms with E-state index in [1.54, 1.807) is 44.2 Å². The van der Waals surface area contributed by atoms with Gasteiger partial charge >= 0.3 is 6.18 Å². The zero-order valence-electron chi connectivity index (χ0n) is 14.1. The van der Waals surface area contributed by atoms with Crippen molar-refractivity contribution >= 4 is 16.7 Å². The second-order valence-corrected chi connectivity index (χ2v) is 6.74. The maximum absolute atomic E-state index is 14.1. The Labute approximate surface area is 143 Å². The molecule has 1 saturated heterocycles. The van der Waals surface area contributed by atoms with Gasteiger partial charge in [0.25, 0.3) is 0 Å². The molecule has 1 N–H and O–H groups in total. The van der Waals surface area contributed by atoms with Crippen LogP contribution in [0.15, 0.2) is 36.4 Å². The fraction of sp³-hybridized carbons (Fsp3) is 0.389. The van der Waals surface area contributed by atoms with Crippen LogP contribution in [0.1, 0.15) is 31.9 Å². The maximum atomic E-state index is 14.1. The minimum absolute atomic E-state index is 0.00147. The van der Waals surface area contributed by atoms with Gasteiger partial charge in [0.1, 0.15) is 5.75 Å². The summed E-state index contributed by atoms with van der Waals surface area (Å²) in [6.07, 6.45) is -4.58. The van der Waals surface area contributed by atoms with Crippen LogP contribution in [0, 0.1) is 0 Å². The van der Waals surface area contributed by atoms with E-state index < -0.39 is 23.7 Å². The Kier molecular flexibility index (Phi) is 4.15. The number of nitrogens with one attached hydrogen (secondary N) is 1. The summed E-state index contributed by atoms with van der Waals surface area (Å²) < 4.78 is 47.5. The normalized spacial score (nSPS) is 19.0. The number of benzene rings is 2. The highest BCUT2D eigenvalue weighted by Gasteiger charge is 2.53. The molecule has 1 heterocycles. The summed E-state index contributed by atoms with van der Waals surface area (Å²) in [6, 6.07) is 7.88. The largest absolute Gasteiger partial charge is 0.496 e. The van der Waals surface area contributed by atoms with E-state index in [1.165, 1.54) is 13.2 Å². The molecule has 7 heteroatoms. The zero-order chi connectivity index (χ0) is 18.4. The summed E-state index contributed by atoms with van der Waals surface area (Å²) in [7, 11) is 1.43. The second-order valence-electron chi connectivity index (χ2n) is 6.74. The van der Waals surface area contributed by atoms with Crippen molar-refractivity contribution < 1.29 is 22.7 Å². The third kappa shape index (κ3) is 3.04. The maximum Gasteiger partial charge on any atom is 0.409 e. The first-order valence-electron chi connectivity index (χ1n) is 7.86. The second kappa shape index (κ2) is 5.91. The molecule has 134 valence electrons. The van der Waals surface area contributed by atoms with E-state index in [4.69, 9.17) is 4.74 Å². The molecule has 0 saturated carbocycles. The smallest absolute Gasteiger partial charge is 0.409 e. The molecule has 1 aliphatic heterocycles. The van der Waals surface area contributed by atoms with E-state index in [9.17, 15) is 18.0 Å². The average molecular weight is 352 g/mol. The molecule has 0 spiro atoms. The first kappa shape index (κ1) is 17.5. The molecule has 4 nitrogen and oxygen atoms in total. The van der Waals surface area contributed by atoms with Gasteiger partial charge < -0.3 is 4.74 Å². The van der Waals surface area contributed by atoms with E-state index in [0.29, 0.717) is 16.5 Å². The number of halogens is 3. The fourth-order valence-corrected chi connectivity index (χ4v) is 3.41. The number of carbonyl (C=O) groups excluding carboxylic acids is 1. The Morgan fingerprint density at radius 1 is 1.20 bits per heavy atom. The lowest BCUT2D eigenvalue weighted by molar-refractivity contribution is -0.203. The van der Waals surface area contributed by atoms with Crippen LogP contribution >= 0.6 is 0 Å². The van der Waals surface area contributed by atoms with Gasteiger partial charge in [-0.15, -0.1) is 0 Å². The Morgan fingerprint density at radius 2 is 1.84 bits per heavy atom. The molecular weight excluding hydrogens is 333 g/mol. The molecule has 0 bridgehead atoms. The standard InChI is InChI=1S/C18H19F3N2O2/c1-17(2)10-14(24)22-23(17)16(18(19,20)21)12-8-4-6-11-7-5-9-13(25-3)15(11)12/h4-9,16H,10H2,1-3H3,(H,22,24)/t16-/m0/s1. The molecule has 3 rings (SSSR count). The lowest BCUT2D eigenvalue weighted by Crippen LogP contribution is -2.51. The van der Waals surface area contributed by atoms with Crippen LogP contribution in [0.5, 0.6) is 5.75 Å². The SMILES string of the molecule is COc1cccc2cccc([C@H](N3NC(=O)CC3(C)C)C(F)(F)F)c12. The molecular formula is C18H19F3N2O2. The number of hydrogen-bond donors (Lipinski definition) is 1. The number of amides is 1. The first-order valence-corrected chi connectivity index (χ1v) is 7.86. The quantitative estimate of drug-likeness (QED) is 0.909. The Bertz CT molecular complexity index is 812. The zero-order valence-corrected chi connectivity index (χ0v) is 14.1. The minimum Gasteiger partial charge on any atom is -0.496 e. The molecule has 2 aromatic rings. The highest BCUT2D eigenvalue weighted by Crippen LogP contribution is 2.46. The van der Waals surface area contributed by atoms with Gasteiger partial charge in [0.2, 0.25) is 5.91 Å². The van der Waals surface area contributed by atoms with E-state index >= 15 is 0 Å². The van der Waals surface area contributed by atoms with Gasteiger partial charge in [0.15, 0.2) is 6.04 Å². The van der Waals surface area contributed by atoms with Gasteiger partial charge in [-0.3, -0.25) is 10.2 Å². The van der Waals surface area contributed by atoms with Crippen LogP contribution in [0.4, 0.5) is 13.2 Å². The molecule has 0 aromatic heterocycles. The van der Waals surface area contributed by atoms with Crippen molar-refractivity contribution in [3.8, 4) is 5.75 Å². The van der Waals surface area contributed by atoms with Crippen LogP contribution in [0.3, 0.4) is 0 Å². The fourth-order valence-electron chi connectivity index (χ4n) is 3.41. The van der Waals surface area contributed by atoms with Gasteiger partial charge in [-0.05, 0) is 30.9 Å². The monoisotopic (exact) mass is 352 g/mol. The number of methoxy groups -OCH3 is 1. The number of hydrazine groups is 1. The topological polar surface area (TPSA) is 41.6 Å². The Morgan fingerprint density at radius 3 is 2.36 bits per heavy atom. The van der Waals surface area contributed by atoms with Crippen molar-refractivity contribution in [1.29, 1.82) is 0 Å². The molecule has 25 heavy (non-hydrogen) atoms. The van der Waals surface area contributed by atoms with Crippen LogP contribution in [0.2, 0.25) is 0 Å². The van der Waals surface area contributed by atoms with E-state index in [-0.39, 0.29) is 12.0 Å². The number of alkyl halides is 3. The minimum atomic E-state index is -4.58. The van der Waals surface area contributed by atoms with Crippen LogP contribution in [-0.4, -0.2) is 29.7 Å². The summed E-state index contributed by atoms with van der Waals surface area (Å²) in [5.74, 6) is -0.0582. The number of hydrogen-bond acceptors (Lipinski definition) is 3. The van der Waals surface area contributed by atoms with Crippen LogP contribution in [-0.2, 0) is 4.79 Å². The summed E-state index contributed by atoms with van der Waals surface area (Å²) >= 11 is 0. The van der Waals surface area contributed by atoms with Gasteiger partial charge in [0.05, 0.1) is 7.11 Å². The summed E-state index contributed by atoms with van der Waals surface area (Å²) in [4.78, 5) is 11.8. The van der Waals surface area contributed by atoms with Crippen LogP contribution < -0.4 is 10.2 Å². The number of nitrogens with zero attached hydrogens (tertiary/aromatic N) is 1. The molecule has 2 aromatic carbocycles. The molecule has 0 unspecified atom stereocenters. The summed E-state index contributed by atoms with van der Waals surface area (Å²) in [6.45, 7) is 3.23. The Balaban J connectivity index is 2.26. The average Bonchev–Trinajstić information content (AvgIpc) is 2.78. The third-order valence-corrected chi connectivity index (χ3v) is 4.47. The molecule has 1 fully saturated rings. The van der Waals surface area contributed by atoms with Crippen molar-refractivity contribution in [2.45, 2.75) is 38.0 Å². The lowest BCUT2D eigenvalue weighted by atomic mass is 9.93. The van der Waals surface area contributed by atoms with E-state index in [1.807, 2.05) is 0 Å². The summed E-state index contributed by atoms with van der Waals surface area (Å²) in [5.41, 5.74) is 1.47. The van der Waals surface area contributed by atoms with Crippen molar-refractivity contribution in [2.24, 2.45) is 0 Å². The number of fused-ring (bicyclic) bond motifs is 1. The Hall–Kier alpha value is -2.28. The van der Waals surface area contributed by atoms with Crippen LogP contribution in [0.25, 0.3) is 10.8 Å². The van der Waals surface area contributed by atoms with E-state index in [0.717, 1.165) is 5.01 Å². The number of carbonyl (C=O) groups is 1. The molecule has 0 aliphatic carbocycles. The van der Waals surface area contributed by atoms with Gasteiger partial charge in [-0.25, -0.2) is 0 Å². The lowest BCUT2D eigenvalue weighted by Gasteiger charge is -2.38. The van der Waals surface area contributed by atoms with Gasteiger partial charge in [-0.2, -0.15) is 18.2 Å². The molecule has 0 radical (unpaired) electrons. The third-order valence-electron chi connectivity index (χ3n) is 4.47. The van der Waals surface area contributed by atoms with Gasteiger partial charge in [0, 0.05) is 17.3 Å². The predicted octanol–water partition coefficient (Wildman–Crippen LogP) is 3.97. The van der Waals surface area contributed by atoms with Gasteiger partial charge in [-0.1, -0.05) is 30.3 Å². The van der Waals surface area contributed by atoms with Crippen molar-refractivity contribution in [2.75, 3.05) is 7.11 Å². The van der Waals surface area contributed by atoms with E-state index in [2.05, 4.69) is 5.43 Å². The highest BCUT2D eigenvalue weighted by atomic mass is 19.4. The predicted molar refractivity (Wildman–Crippen MR) is 88.0 cm³/mol. The molecule has 1 atom stereocenters.